The van der Waals surface area contributed by atoms with Crippen molar-refractivity contribution >= 4 is 17.6 Å². The second-order valence-electron chi connectivity index (χ2n) is 3.84. The second kappa shape index (κ2) is 7.84. The lowest BCUT2D eigenvalue weighted by Gasteiger charge is -2.14. The molecule has 0 radical (unpaired) electrons. The van der Waals surface area contributed by atoms with E-state index < -0.39 is 6.04 Å². The molecule has 2 amide bonds. The fraction of sp³-hybridized carbons (Fsp3) is 0.727. The van der Waals surface area contributed by atoms with Gasteiger partial charge in [0.2, 0.25) is 11.8 Å². The molecular weight excluding hydrogens is 208 g/mol. The molecule has 5 heteroatoms. The number of hydrogen-bond acceptors (Lipinski definition) is 3. The summed E-state index contributed by atoms with van der Waals surface area (Å²) in [5.41, 5.74) is 0. The van der Waals surface area contributed by atoms with Crippen molar-refractivity contribution < 1.29 is 14.4 Å². The molecule has 0 bridgehead atoms. The third-order valence-electron chi connectivity index (χ3n) is 2.16. The molecule has 0 saturated carbocycles. The van der Waals surface area contributed by atoms with Gasteiger partial charge in [0.05, 0.1) is 6.04 Å². The first-order chi connectivity index (χ1) is 7.43. The van der Waals surface area contributed by atoms with Crippen molar-refractivity contribution in [2.75, 3.05) is 6.54 Å². The number of rotatable bonds is 7. The Labute approximate surface area is 96.0 Å². The number of unbranched alkanes of at least 4 members (excludes halogenated alkanes) is 1. The van der Waals surface area contributed by atoms with E-state index >= 15 is 0 Å². The summed E-state index contributed by atoms with van der Waals surface area (Å²) in [7, 11) is 0. The summed E-state index contributed by atoms with van der Waals surface area (Å²) in [5.74, 6) is -0.276. The van der Waals surface area contributed by atoms with Gasteiger partial charge in [-0.2, -0.15) is 0 Å². The fourth-order valence-electron chi connectivity index (χ4n) is 1.36. The topological polar surface area (TPSA) is 75.3 Å². The maximum atomic E-state index is 11.2. The number of amides is 2. The maximum Gasteiger partial charge on any atom is 0.217 e. The van der Waals surface area contributed by atoms with E-state index in [4.69, 9.17) is 0 Å². The molecule has 0 aliphatic heterocycles. The zero-order valence-corrected chi connectivity index (χ0v) is 10.1. The lowest BCUT2D eigenvalue weighted by Crippen LogP contribution is -2.38. The molecule has 1 unspecified atom stereocenters. The first-order valence-corrected chi connectivity index (χ1v) is 5.45. The molecule has 0 aliphatic carbocycles. The van der Waals surface area contributed by atoms with Gasteiger partial charge in [0.1, 0.15) is 0 Å². The van der Waals surface area contributed by atoms with Crippen LogP contribution in [0.25, 0.3) is 0 Å². The Bertz CT molecular complexity index is 264. The Hall–Kier alpha value is -1.39. The van der Waals surface area contributed by atoms with Crippen LogP contribution < -0.4 is 10.6 Å². The van der Waals surface area contributed by atoms with Gasteiger partial charge in [0.25, 0.3) is 0 Å². The molecule has 0 saturated heterocycles. The SMILES string of the molecule is CC(=O)NCCCCC(NC(C)=O)C(C)=O. The standard InChI is InChI=1S/C11H20N2O3/c1-8(14)11(13-10(3)16)6-4-5-7-12-9(2)15/h11H,4-7H2,1-3H3,(H,12,15)(H,13,16). The molecule has 0 aromatic rings. The van der Waals surface area contributed by atoms with E-state index in [1.165, 1.54) is 20.8 Å². The lowest BCUT2D eigenvalue weighted by molar-refractivity contribution is -0.125. The first kappa shape index (κ1) is 14.6. The van der Waals surface area contributed by atoms with Crippen molar-refractivity contribution in [2.24, 2.45) is 0 Å². The van der Waals surface area contributed by atoms with Gasteiger partial charge in [0.15, 0.2) is 5.78 Å². The fourth-order valence-corrected chi connectivity index (χ4v) is 1.36. The summed E-state index contributed by atoms with van der Waals surface area (Å²) in [6, 6.07) is -0.394. The summed E-state index contributed by atoms with van der Waals surface area (Å²) in [6.45, 7) is 4.94. The zero-order chi connectivity index (χ0) is 12.6. The average Bonchev–Trinajstić information content (AvgIpc) is 2.14. The summed E-state index contributed by atoms with van der Waals surface area (Å²) in [5, 5.41) is 5.28. The second-order valence-corrected chi connectivity index (χ2v) is 3.84. The number of nitrogens with one attached hydrogen (secondary N) is 2. The van der Waals surface area contributed by atoms with E-state index in [2.05, 4.69) is 10.6 Å². The van der Waals surface area contributed by atoms with Gasteiger partial charge < -0.3 is 10.6 Å². The van der Waals surface area contributed by atoms with Crippen LogP contribution in [-0.4, -0.2) is 30.2 Å². The van der Waals surface area contributed by atoms with Crippen LogP contribution in [0.3, 0.4) is 0 Å². The lowest BCUT2D eigenvalue weighted by atomic mass is 10.1. The summed E-state index contributed by atoms with van der Waals surface area (Å²) >= 11 is 0. The van der Waals surface area contributed by atoms with Crippen molar-refractivity contribution in [1.82, 2.24) is 10.6 Å². The van der Waals surface area contributed by atoms with Crippen LogP contribution in [0.1, 0.15) is 40.0 Å². The third-order valence-corrected chi connectivity index (χ3v) is 2.16. The molecule has 16 heavy (non-hydrogen) atoms. The van der Waals surface area contributed by atoms with Crippen molar-refractivity contribution in [1.29, 1.82) is 0 Å². The number of carbonyl (C=O) groups excluding carboxylic acids is 3. The molecular formula is C11H20N2O3. The van der Waals surface area contributed by atoms with E-state index in [0.717, 1.165) is 12.8 Å². The van der Waals surface area contributed by atoms with Gasteiger partial charge in [-0.1, -0.05) is 0 Å². The molecule has 0 heterocycles. The van der Waals surface area contributed by atoms with Crippen LogP contribution >= 0.6 is 0 Å². The molecule has 0 aromatic carbocycles. The van der Waals surface area contributed by atoms with Gasteiger partial charge in [-0.05, 0) is 26.2 Å². The maximum absolute atomic E-state index is 11.2. The van der Waals surface area contributed by atoms with Gasteiger partial charge in [0, 0.05) is 20.4 Å². The van der Waals surface area contributed by atoms with Crippen LogP contribution in [0, 0.1) is 0 Å². The number of Topliss-reactive ketones (excluding diaryl/α,β-unsaturated/α-hetero) is 1. The zero-order valence-electron chi connectivity index (χ0n) is 10.1. The Balaban J connectivity index is 3.72. The minimum atomic E-state index is -0.394. The van der Waals surface area contributed by atoms with Gasteiger partial charge in [-0.3, -0.25) is 14.4 Å². The van der Waals surface area contributed by atoms with Crippen molar-refractivity contribution in [3.05, 3.63) is 0 Å². The Morgan fingerprint density at radius 1 is 1.00 bits per heavy atom. The van der Waals surface area contributed by atoms with Gasteiger partial charge in [-0.25, -0.2) is 0 Å². The number of hydrogen-bond donors (Lipinski definition) is 2. The van der Waals surface area contributed by atoms with Crippen LogP contribution in [0.5, 0.6) is 0 Å². The molecule has 0 fully saturated rings. The molecule has 1 atom stereocenters. The third kappa shape index (κ3) is 7.96. The molecule has 0 spiro atoms. The Morgan fingerprint density at radius 2 is 1.62 bits per heavy atom. The molecule has 2 N–H and O–H groups in total. The summed E-state index contributed by atoms with van der Waals surface area (Å²) < 4.78 is 0. The molecule has 0 aromatic heterocycles. The van der Waals surface area contributed by atoms with Crippen molar-refractivity contribution in [2.45, 2.75) is 46.1 Å². The highest BCUT2D eigenvalue weighted by Crippen LogP contribution is 2.01. The van der Waals surface area contributed by atoms with E-state index in [0.29, 0.717) is 13.0 Å². The predicted molar refractivity (Wildman–Crippen MR) is 60.8 cm³/mol. The first-order valence-electron chi connectivity index (χ1n) is 5.45. The van der Waals surface area contributed by atoms with E-state index in [-0.39, 0.29) is 17.6 Å². The molecule has 92 valence electrons. The highest BCUT2D eigenvalue weighted by molar-refractivity contribution is 5.86. The number of ketones is 1. The Kier molecular flexibility index (Phi) is 7.16. The molecule has 0 aliphatic rings. The van der Waals surface area contributed by atoms with Crippen molar-refractivity contribution in [3.63, 3.8) is 0 Å². The van der Waals surface area contributed by atoms with Gasteiger partial charge >= 0.3 is 0 Å². The van der Waals surface area contributed by atoms with Crippen LogP contribution in [0.2, 0.25) is 0 Å². The van der Waals surface area contributed by atoms with E-state index in [1.54, 1.807) is 0 Å². The normalized spacial score (nSPS) is 11.7. The van der Waals surface area contributed by atoms with Crippen LogP contribution in [0.4, 0.5) is 0 Å². The van der Waals surface area contributed by atoms with E-state index in [1.807, 2.05) is 0 Å². The molecule has 0 rings (SSSR count). The van der Waals surface area contributed by atoms with Crippen LogP contribution in [-0.2, 0) is 14.4 Å². The summed E-state index contributed by atoms with van der Waals surface area (Å²) in [4.78, 5) is 32.6. The monoisotopic (exact) mass is 228 g/mol. The van der Waals surface area contributed by atoms with Gasteiger partial charge in [-0.15, -0.1) is 0 Å². The molecule has 5 nitrogen and oxygen atoms in total. The summed E-state index contributed by atoms with van der Waals surface area (Å²) in [6.07, 6.45) is 2.22. The quantitative estimate of drug-likeness (QED) is 0.619. The largest absolute Gasteiger partial charge is 0.356 e. The minimum absolute atomic E-state index is 0.0327. The minimum Gasteiger partial charge on any atom is -0.356 e. The highest BCUT2D eigenvalue weighted by atomic mass is 16.2. The Morgan fingerprint density at radius 3 is 2.06 bits per heavy atom. The predicted octanol–water partition coefficient (Wildman–Crippen LogP) is 0.386. The number of carbonyl (C=O) groups is 3. The van der Waals surface area contributed by atoms with E-state index in [9.17, 15) is 14.4 Å². The van der Waals surface area contributed by atoms with Crippen molar-refractivity contribution in [3.8, 4) is 0 Å². The smallest absolute Gasteiger partial charge is 0.217 e. The van der Waals surface area contributed by atoms with Crippen LogP contribution in [0.15, 0.2) is 0 Å². The average molecular weight is 228 g/mol. The highest BCUT2D eigenvalue weighted by Gasteiger charge is 2.13.